The molecule has 6 nitrogen and oxygen atoms in total. The van der Waals surface area contributed by atoms with Crippen LogP contribution in [0.3, 0.4) is 0 Å². The van der Waals surface area contributed by atoms with E-state index in [-0.39, 0.29) is 23.2 Å². The molecule has 1 amide bonds. The topological polar surface area (TPSA) is 75.5 Å². The molecule has 7 heteroatoms. The van der Waals surface area contributed by atoms with Crippen molar-refractivity contribution in [1.29, 1.82) is 0 Å². The van der Waals surface area contributed by atoms with Gasteiger partial charge in [-0.15, -0.1) is 0 Å². The van der Waals surface area contributed by atoms with Gasteiger partial charge in [-0.3, -0.25) is 14.9 Å². The molecule has 126 valence electrons. The Hall–Kier alpha value is -2.25. The Morgan fingerprint density at radius 3 is 2.50 bits per heavy atom. The maximum absolute atomic E-state index is 12.5. The quantitative estimate of drug-likeness (QED) is 0.604. The molecule has 0 spiro atoms. The minimum atomic E-state index is -0.518. The minimum Gasteiger partial charge on any atom is -0.344 e. The van der Waals surface area contributed by atoms with E-state index >= 15 is 0 Å². The van der Waals surface area contributed by atoms with Crippen molar-refractivity contribution < 1.29 is 9.72 Å². The molecule has 0 aliphatic carbocycles. The van der Waals surface area contributed by atoms with E-state index in [1.165, 1.54) is 12.1 Å². The van der Waals surface area contributed by atoms with Crippen LogP contribution in [0.5, 0.6) is 0 Å². The fraction of sp³-hybridized carbons (Fsp3) is 0.235. The number of hydrogen-bond donors (Lipinski definition) is 1. The zero-order valence-electron chi connectivity index (χ0n) is 13.4. The van der Waals surface area contributed by atoms with Crippen molar-refractivity contribution in [2.24, 2.45) is 0 Å². The lowest BCUT2D eigenvalue weighted by Gasteiger charge is -2.23. The minimum absolute atomic E-state index is 0.133. The Morgan fingerprint density at radius 1 is 1.25 bits per heavy atom. The number of nitrogens with one attached hydrogen (secondary N) is 1. The molecule has 0 aromatic heterocycles. The molecule has 0 aliphatic rings. The van der Waals surface area contributed by atoms with E-state index in [1.54, 1.807) is 6.07 Å². The molecule has 0 fully saturated rings. The third-order valence-electron chi connectivity index (χ3n) is 3.46. The lowest BCUT2D eigenvalue weighted by molar-refractivity contribution is -0.385. The van der Waals surface area contributed by atoms with Gasteiger partial charge in [-0.2, -0.15) is 0 Å². The van der Waals surface area contributed by atoms with Crippen LogP contribution in [-0.4, -0.2) is 36.4 Å². The first-order valence-electron chi connectivity index (χ1n) is 7.33. The lowest BCUT2D eigenvalue weighted by atomic mass is 10.1. The van der Waals surface area contributed by atoms with Crippen molar-refractivity contribution in [2.75, 3.05) is 20.6 Å². The molecule has 2 aromatic carbocycles. The second-order valence-electron chi connectivity index (χ2n) is 5.62. The van der Waals surface area contributed by atoms with Crippen LogP contribution >= 0.6 is 15.9 Å². The summed E-state index contributed by atoms with van der Waals surface area (Å²) in [5.74, 6) is -0.346. The first-order valence-corrected chi connectivity index (χ1v) is 8.12. The largest absolute Gasteiger partial charge is 0.344 e. The van der Waals surface area contributed by atoms with E-state index in [1.807, 2.05) is 49.3 Å². The van der Waals surface area contributed by atoms with Gasteiger partial charge in [0.1, 0.15) is 0 Å². The van der Waals surface area contributed by atoms with Crippen molar-refractivity contribution in [3.8, 4) is 0 Å². The number of hydrogen-bond acceptors (Lipinski definition) is 4. The molecule has 0 aliphatic heterocycles. The fourth-order valence-corrected chi connectivity index (χ4v) is 2.71. The SMILES string of the molecule is CN(C)C[C@@H](NC(=O)c1ccc(Br)c([N+](=O)[O-])c1)c1ccccc1. The molecule has 2 rings (SSSR count). The van der Waals surface area contributed by atoms with E-state index in [9.17, 15) is 14.9 Å². The summed E-state index contributed by atoms with van der Waals surface area (Å²) in [6, 6.07) is 13.8. The predicted molar refractivity (Wildman–Crippen MR) is 96.0 cm³/mol. The van der Waals surface area contributed by atoms with Crippen LogP contribution in [0.25, 0.3) is 0 Å². The van der Waals surface area contributed by atoms with Crippen LogP contribution in [0.2, 0.25) is 0 Å². The van der Waals surface area contributed by atoms with E-state index in [0.29, 0.717) is 11.0 Å². The molecule has 0 unspecified atom stereocenters. The molecule has 2 aromatic rings. The summed E-state index contributed by atoms with van der Waals surface area (Å²) in [6.45, 7) is 0.619. The molecule has 0 saturated heterocycles. The second-order valence-corrected chi connectivity index (χ2v) is 6.48. The summed E-state index contributed by atoms with van der Waals surface area (Å²) in [7, 11) is 3.85. The van der Waals surface area contributed by atoms with Crippen molar-refractivity contribution in [1.82, 2.24) is 10.2 Å². The van der Waals surface area contributed by atoms with Crippen molar-refractivity contribution in [3.63, 3.8) is 0 Å². The maximum atomic E-state index is 12.5. The molecular weight excluding hydrogens is 374 g/mol. The highest BCUT2D eigenvalue weighted by atomic mass is 79.9. The fourth-order valence-electron chi connectivity index (χ4n) is 2.32. The number of benzene rings is 2. The van der Waals surface area contributed by atoms with Crippen LogP contribution in [-0.2, 0) is 0 Å². The van der Waals surface area contributed by atoms with Gasteiger partial charge in [-0.25, -0.2) is 0 Å². The van der Waals surface area contributed by atoms with E-state index in [2.05, 4.69) is 21.2 Å². The number of rotatable bonds is 6. The van der Waals surface area contributed by atoms with Crippen LogP contribution in [0, 0.1) is 10.1 Å². The van der Waals surface area contributed by atoms with Crippen LogP contribution < -0.4 is 5.32 Å². The summed E-state index contributed by atoms with van der Waals surface area (Å²) >= 11 is 3.12. The highest BCUT2D eigenvalue weighted by Crippen LogP contribution is 2.26. The monoisotopic (exact) mass is 391 g/mol. The highest BCUT2D eigenvalue weighted by Gasteiger charge is 2.19. The van der Waals surface area contributed by atoms with Gasteiger partial charge in [0.2, 0.25) is 0 Å². The summed E-state index contributed by atoms with van der Waals surface area (Å²) in [4.78, 5) is 25.0. The Morgan fingerprint density at radius 2 is 1.92 bits per heavy atom. The predicted octanol–water partition coefficient (Wildman–Crippen LogP) is 3.39. The molecule has 0 bridgehead atoms. The molecule has 1 N–H and O–H groups in total. The molecule has 1 atom stereocenters. The van der Waals surface area contributed by atoms with Gasteiger partial charge >= 0.3 is 0 Å². The van der Waals surface area contributed by atoms with Gasteiger partial charge in [0.05, 0.1) is 15.4 Å². The Kier molecular flexibility index (Phi) is 6.05. The summed E-state index contributed by atoms with van der Waals surface area (Å²) in [5, 5.41) is 14.0. The number of carbonyl (C=O) groups excluding carboxylic acids is 1. The molecule has 24 heavy (non-hydrogen) atoms. The Labute approximate surface area is 148 Å². The number of nitro benzene ring substituents is 1. The normalized spacial score (nSPS) is 12.0. The number of amides is 1. The first-order chi connectivity index (χ1) is 11.4. The van der Waals surface area contributed by atoms with Gasteiger partial charge < -0.3 is 10.2 Å². The number of likely N-dealkylation sites (N-methyl/N-ethyl adjacent to an activating group) is 1. The summed E-state index contributed by atoms with van der Waals surface area (Å²) in [6.07, 6.45) is 0. The number of carbonyl (C=O) groups is 1. The van der Waals surface area contributed by atoms with Crippen molar-refractivity contribution in [3.05, 3.63) is 74.2 Å². The molecular formula is C17H18BrN3O3. The smallest absolute Gasteiger partial charge is 0.284 e. The average molecular weight is 392 g/mol. The molecule has 0 heterocycles. The lowest BCUT2D eigenvalue weighted by Crippen LogP contribution is -2.35. The van der Waals surface area contributed by atoms with Gasteiger partial charge in [-0.05, 0) is 47.7 Å². The van der Waals surface area contributed by atoms with Gasteiger partial charge in [-0.1, -0.05) is 30.3 Å². The Bertz CT molecular complexity index is 735. The van der Waals surface area contributed by atoms with Gasteiger partial charge in [0, 0.05) is 18.2 Å². The maximum Gasteiger partial charge on any atom is 0.284 e. The Balaban J connectivity index is 2.25. The van der Waals surface area contributed by atoms with E-state index in [4.69, 9.17) is 0 Å². The number of halogens is 1. The third kappa shape index (κ3) is 4.62. The van der Waals surface area contributed by atoms with Crippen LogP contribution in [0.15, 0.2) is 53.0 Å². The van der Waals surface area contributed by atoms with Crippen molar-refractivity contribution >= 4 is 27.5 Å². The van der Waals surface area contributed by atoms with Gasteiger partial charge in [0.15, 0.2) is 0 Å². The van der Waals surface area contributed by atoms with Crippen LogP contribution in [0.1, 0.15) is 22.0 Å². The van der Waals surface area contributed by atoms with E-state index in [0.717, 1.165) is 5.56 Å². The zero-order chi connectivity index (χ0) is 17.7. The standard InChI is InChI=1S/C17H18BrN3O3/c1-20(2)11-15(12-6-4-3-5-7-12)19-17(22)13-8-9-14(18)16(10-13)21(23)24/h3-10,15H,11H2,1-2H3,(H,19,22)/t15-/m1/s1. The van der Waals surface area contributed by atoms with Crippen LogP contribution in [0.4, 0.5) is 5.69 Å². The first kappa shape index (κ1) is 18.1. The summed E-state index contributed by atoms with van der Waals surface area (Å²) in [5.41, 5.74) is 1.10. The zero-order valence-corrected chi connectivity index (χ0v) is 15.0. The van der Waals surface area contributed by atoms with Crippen molar-refractivity contribution in [2.45, 2.75) is 6.04 Å². The molecule has 0 radical (unpaired) electrons. The number of nitro groups is 1. The number of nitrogens with zero attached hydrogens (tertiary/aromatic N) is 2. The second kappa shape index (κ2) is 8.03. The van der Waals surface area contributed by atoms with Gasteiger partial charge in [0.25, 0.3) is 11.6 Å². The third-order valence-corrected chi connectivity index (χ3v) is 4.13. The average Bonchev–Trinajstić information content (AvgIpc) is 2.54. The summed E-state index contributed by atoms with van der Waals surface area (Å²) < 4.78 is 0.344. The highest BCUT2D eigenvalue weighted by molar-refractivity contribution is 9.10. The molecule has 0 saturated carbocycles. The van der Waals surface area contributed by atoms with E-state index < -0.39 is 4.92 Å².